The Labute approximate surface area is 107 Å². The maximum atomic E-state index is 11.6. The van der Waals surface area contributed by atoms with Gasteiger partial charge >= 0.3 is 6.09 Å². The van der Waals surface area contributed by atoms with E-state index < -0.39 is 11.6 Å². The molecule has 1 amide bonds. The molecule has 0 spiro atoms. The number of rotatable bonds is 5. The first-order valence-electron chi connectivity index (χ1n) is 6.41. The minimum absolute atomic E-state index is 0.226. The zero-order chi connectivity index (χ0) is 13.0. The van der Waals surface area contributed by atoms with Crippen LogP contribution < -0.4 is 5.32 Å². The number of phenolic OH excluding ortho intramolecular Hbond substituents is 1. The first-order chi connectivity index (χ1) is 8.68. The summed E-state index contributed by atoms with van der Waals surface area (Å²) in [5.41, 5.74) is 0.353. The quantitative estimate of drug-likeness (QED) is 0.789. The largest absolute Gasteiger partial charge is 0.508 e. The number of hydrogen-bond donors (Lipinski definition) is 2. The van der Waals surface area contributed by atoms with Gasteiger partial charge in [0.2, 0.25) is 0 Å². The van der Waals surface area contributed by atoms with Gasteiger partial charge in [-0.25, -0.2) is 4.79 Å². The summed E-state index contributed by atoms with van der Waals surface area (Å²) in [5, 5.41) is 12.7. The third-order valence-corrected chi connectivity index (χ3v) is 3.24. The number of ether oxygens (including phenoxy) is 1. The van der Waals surface area contributed by atoms with E-state index in [1.54, 1.807) is 12.1 Å². The van der Waals surface area contributed by atoms with E-state index in [-0.39, 0.29) is 5.75 Å². The summed E-state index contributed by atoms with van der Waals surface area (Å²) in [4.78, 5) is 11.6. The van der Waals surface area contributed by atoms with E-state index in [9.17, 15) is 9.90 Å². The molecule has 1 fully saturated rings. The Hall–Kier alpha value is -1.71. The lowest BCUT2D eigenvalue weighted by Crippen LogP contribution is -2.35. The minimum atomic E-state index is -0.422. The molecule has 2 N–H and O–H groups in total. The summed E-state index contributed by atoms with van der Waals surface area (Å²) in [7, 11) is 0. The van der Waals surface area contributed by atoms with Gasteiger partial charge in [-0.1, -0.05) is 31.5 Å². The topological polar surface area (TPSA) is 58.6 Å². The lowest BCUT2D eigenvalue weighted by Gasteiger charge is -2.18. The molecule has 1 aromatic carbocycles. The molecule has 0 heterocycles. The van der Waals surface area contributed by atoms with Crippen LogP contribution in [-0.2, 0) is 10.3 Å². The molecule has 1 aromatic rings. The highest BCUT2D eigenvalue weighted by molar-refractivity contribution is 5.70. The molecular weight excluding hydrogens is 230 g/mol. The summed E-state index contributed by atoms with van der Waals surface area (Å²) in [5.74, 6) is 0.226. The fraction of sp³-hybridized carbons (Fsp3) is 0.500. The van der Waals surface area contributed by atoms with E-state index in [1.165, 1.54) is 0 Å². The molecular formula is C14H19NO3. The molecule has 0 atom stereocenters. The van der Waals surface area contributed by atoms with Crippen LogP contribution in [0.1, 0.15) is 38.2 Å². The van der Waals surface area contributed by atoms with Crippen LogP contribution in [0.2, 0.25) is 0 Å². The average molecular weight is 249 g/mol. The molecule has 0 aromatic heterocycles. The molecule has 0 unspecified atom stereocenters. The van der Waals surface area contributed by atoms with E-state index in [1.807, 2.05) is 19.1 Å². The van der Waals surface area contributed by atoms with Gasteiger partial charge in [0, 0.05) is 5.56 Å². The molecule has 0 saturated heterocycles. The van der Waals surface area contributed by atoms with Gasteiger partial charge in [-0.15, -0.1) is 0 Å². The lowest BCUT2D eigenvalue weighted by atomic mass is 10.0. The van der Waals surface area contributed by atoms with Crippen molar-refractivity contribution in [2.75, 3.05) is 6.61 Å². The normalized spacial score (nSPS) is 16.1. The van der Waals surface area contributed by atoms with Crippen LogP contribution in [0.25, 0.3) is 0 Å². The number of alkyl carbamates (subject to hydrolysis) is 1. The van der Waals surface area contributed by atoms with Gasteiger partial charge in [0.15, 0.2) is 0 Å². The average Bonchev–Trinajstić information content (AvgIpc) is 3.10. The van der Waals surface area contributed by atoms with E-state index in [0.717, 1.165) is 31.2 Å². The van der Waals surface area contributed by atoms with Crippen LogP contribution >= 0.6 is 0 Å². The van der Waals surface area contributed by atoms with Gasteiger partial charge in [-0.05, 0) is 25.3 Å². The molecule has 1 aliphatic rings. The van der Waals surface area contributed by atoms with Crippen molar-refractivity contribution in [1.82, 2.24) is 5.32 Å². The van der Waals surface area contributed by atoms with Gasteiger partial charge < -0.3 is 15.2 Å². The molecule has 0 aliphatic heterocycles. The fourth-order valence-electron chi connectivity index (χ4n) is 2.01. The molecule has 1 aliphatic carbocycles. The second-order valence-corrected chi connectivity index (χ2v) is 4.71. The Morgan fingerprint density at radius 2 is 2.17 bits per heavy atom. The van der Waals surface area contributed by atoms with Gasteiger partial charge in [-0.2, -0.15) is 0 Å². The maximum Gasteiger partial charge on any atom is 0.407 e. The van der Waals surface area contributed by atoms with E-state index in [2.05, 4.69) is 5.32 Å². The number of carbonyl (C=O) groups is 1. The molecule has 1 saturated carbocycles. The Balaban J connectivity index is 1.96. The van der Waals surface area contributed by atoms with Crippen molar-refractivity contribution < 1.29 is 14.6 Å². The number of unbranched alkanes of at least 4 members (excludes halogenated alkanes) is 1. The Morgan fingerprint density at radius 3 is 2.78 bits per heavy atom. The Kier molecular flexibility index (Phi) is 3.75. The number of phenols is 1. The number of carbonyl (C=O) groups excluding carboxylic acids is 1. The predicted molar refractivity (Wildman–Crippen MR) is 68.4 cm³/mol. The van der Waals surface area contributed by atoms with Gasteiger partial charge in [0.05, 0.1) is 12.1 Å². The number of para-hydroxylation sites is 1. The number of aromatic hydroxyl groups is 1. The standard InChI is InChI=1S/C14H19NO3/c1-2-3-10-18-13(17)15-14(8-9-14)11-6-4-5-7-12(11)16/h4-7,16H,2-3,8-10H2,1H3,(H,15,17). The smallest absolute Gasteiger partial charge is 0.407 e. The summed E-state index contributed by atoms with van der Waals surface area (Å²) in [6, 6.07) is 7.11. The summed E-state index contributed by atoms with van der Waals surface area (Å²) < 4.78 is 5.09. The van der Waals surface area contributed by atoms with Crippen LogP contribution in [0.4, 0.5) is 4.79 Å². The molecule has 4 nitrogen and oxygen atoms in total. The summed E-state index contributed by atoms with van der Waals surface area (Å²) in [6.07, 6.45) is 3.15. The highest BCUT2D eigenvalue weighted by Crippen LogP contribution is 2.48. The second kappa shape index (κ2) is 5.29. The number of nitrogens with one attached hydrogen (secondary N) is 1. The molecule has 98 valence electrons. The predicted octanol–water partition coefficient (Wildman–Crippen LogP) is 2.91. The molecule has 0 radical (unpaired) electrons. The SMILES string of the molecule is CCCCOC(=O)NC1(c2ccccc2O)CC1. The van der Waals surface area contributed by atoms with Crippen molar-refractivity contribution in [2.45, 2.75) is 38.1 Å². The van der Waals surface area contributed by atoms with Gasteiger partial charge in [0.25, 0.3) is 0 Å². The number of hydrogen-bond acceptors (Lipinski definition) is 3. The van der Waals surface area contributed by atoms with Crippen molar-refractivity contribution in [2.24, 2.45) is 0 Å². The van der Waals surface area contributed by atoms with E-state index in [4.69, 9.17) is 4.74 Å². The third kappa shape index (κ3) is 2.75. The molecule has 4 heteroatoms. The lowest BCUT2D eigenvalue weighted by molar-refractivity contribution is 0.139. The molecule has 0 bridgehead atoms. The van der Waals surface area contributed by atoms with Crippen LogP contribution in [0.5, 0.6) is 5.75 Å². The van der Waals surface area contributed by atoms with Gasteiger partial charge in [-0.3, -0.25) is 0 Å². The minimum Gasteiger partial charge on any atom is -0.508 e. The van der Waals surface area contributed by atoms with Crippen LogP contribution in [0.3, 0.4) is 0 Å². The van der Waals surface area contributed by atoms with E-state index in [0.29, 0.717) is 6.61 Å². The van der Waals surface area contributed by atoms with Gasteiger partial charge in [0.1, 0.15) is 5.75 Å². The molecule has 18 heavy (non-hydrogen) atoms. The zero-order valence-electron chi connectivity index (χ0n) is 10.6. The maximum absolute atomic E-state index is 11.6. The number of benzene rings is 1. The Morgan fingerprint density at radius 1 is 1.44 bits per heavy atom. The first kappa shape index (κ1) is 12.7. The van der Waals surface area contributed by atoms with Crippen molar-refractivity contribution in [3.63, 3.8) is 0 Å². The highest BCUT2D eigenvalue weighted by Gasteiger charge is 2.47. The van der Waals surface area contributed by atoms with Crippen molar-refractivity contribution in [3.8, 4) is 5.75 Å². The zero-order valence-corrected chi connectivity index (χ0v) is 10.6. The van der Waals surface area contributed by atoms with Crippen molar-refractivity contribution in [3.05, 3.63) is 29.8 Å². The first-order valence-corrected chi connectivity index (χ1v) is 6.41. The van der Waals surface area contributed by atoms with Crippen molar-refractivity contribution in [1.29, 1.82) is 0 Å². The van der Waals surface area contributed by atoms with Crippen LogP contribution in [0.15, 0.2) is 24.3 Å². The highest BCUT2D eigenvalue weighted by atomic mass is 16.5. The van der Waals surface area contributed by atoms with Crippen molar-refractivity contribution >= 4 is 6.09 Å². The second-order valence-electron chi connectivity index (χ2n) is 4.71. The van der Waals surface area contributed by atoms with E-state index >= 15 is 0 Å². The monoisotopic (exact) mass is 249 g/mol. The Bertz CT molecular complexity index is 427. The summed E-state index contributed by atoms with van der Waals surface area (Å²) >= 11 is 0. The third-order valence-electron chi connectivity index (χ3n) is 3.24. The van der Waals surface area contributed by atoms with Crippen LogP contribution in [-0.4, -0.2) is 17.8 Å². The molecule has 2 rings (SSSR count). The van der Waals surface area contributed by atoms with Crippen LogP contribution in [0, 0.1) is 0 Å². The summed E-state index contributed by atoms with van der Waals surface area (Å²) in [6.45, 7) is 2.49. The fourth-order valence-corrected chi connectivity index (χ4v) is 2.01. The number of amides is 1.